The van der Waals surface area contributed by atoms with Crippen molar-refractivity contribution in [2.24, 2.45) is 0 Å². The molecular weight excluding hydrogens is 382 g/mol. The zero-order chi connectivity index (χ0) is 19.0. The predicted molar refractivity (Wildman–Crippen MR) is 106 cm³/mol. The zero-order valence-electron chi connectivity index (χ0n) is 15.3. The summed E-state index contributed by atoms with van der Waals surface area (Å²) < 4.78 is 23.5. The highest BCUT2D eigenvalue weighted by Gasteiger charge is 2.38. The third kappa shape index (κ3) is 3.93. The second-order valence-corrected chi connectivity index (χ2v) is 10.8. The molecule has 0 unspecified atom stereocenters. The summed E-state index contributed by atoms with van der Waals surface area (Å²) in [6, 6.07) is 10.0. The highest BCUT2D eigenvalue weighted by Crippen LogP contribution is 2.29. The Morgan fingerprint density at radius 1 is 1.22 bits per heavy atom. The monoisotopic (exact) mass is 406 g/mol. The van der Waals surface area contributed by atoms with Gasteiger partial charge >= 0.3 is 0 Å². The van der Waals surface area contributed by atoms with Gasteiger partial charge in [0.15, 0.2) is 9.84 Å². The van der Waals surface area contributed by atoms with Crippen LogP contribution in [0, 0.1) is 6.92 Å². The highest BCUT2D eigenvalue weighted by atomic mass is 32.2. The fourth-order valence-corrected chi connectivity index (χ4v) is 6.76. The number of nitrogens with zero attached hydrogens (tertiary/aromatic N) is 2. The molecule has 2 aromatic rings. The van der Waals surface area contributed by atoms with Crippen LogP contribution in [-0.4, -0.2) is 67.9 Å². The van der Waals surface area contributed by atoms with Crippen LogP contribution in [0.1, 0.15) is 21.1 Å². The Balaban J connectivity index is 1.46. The van der Waals surface area contributed by atoms with Crippen LogP contribution >= 0.6 is 11.3 Å². The van der Waals surface area contributed by atoms with E-state index in [1.165, 1.54) is 16.2 Å². The van der Waals surface area contributed by atoms with Gasteiger partial charge in [0, 0.05) is 12.0 Å². The van der Waals surface area contributed by atoms with E-state index in [9.17, 15) is 13.2 Å². The Kier molecular flexibility index (Phi) is 5.05. The molecule has 27 heavy (non-hydrogen) atoms. The number of hydrogen-bond donors (Lipinski definition) is 1. The summed E-state index contributed by atoms with van der Waals surface area (Å²) in [5.41, 5.74) is 1.73. The number of amides is 1. The number of benzene rings is 1. The molecule has 144 valence electrons. The summed E-state index contributed by atoms with van der Waals surface area (Å²) in [5.74, 6) is 0.643. The first-order chi connectivity index (χ1) is 12.9. The van der Waals surface area contributed by atoms with Gasteiger partial charge in [0.05, 0.1) is 42.6 Å². The Hall–Kier alpha value is -1.77. The molecule has 3 heterocycles. The van der Waals surface area contributed by atoms with Crippen molar-refractivity contribution in [1.82, 2.24) is 9.88 Å². The van der Waals surface area contributed by atoms with Crippen LogP contribution in [0.3, 0.4) is 0 Å². The Bertz CT molecular complexity index is 932. The molecule has 0 radical (unpaired) electrons. The van der Waals surface area contributed by atoms with Crippen LogP contribution < -0.4 is 4.90 Å². The summed E-state index contributed by atoms with van der Waals surface area (Å²) in [4.78, 5) is 21.6. The van der Waals surface area contributed by atoms with E-state index in [0.717, 1.165) is 35.8 Å². The quantitative estimate of drug-likeness (QED) is 0.812. The summed E-state index contributed by atoms with van der Waals surface area (Å²) in [5, 5.41) is 0.887. The van der Waals surface area contributed by atoms with E-state index in [-0.39, 0.29) is 11.9 Å². The van der Waals surface area contributed by atoms with Gasteiger partial charge in [-0.25, -0.2) is 13.4 Å². The summed E-state index contributed by atoms with van der Waals surface area (Å²) in [7, 11) is -2.86. The molecule has 6 nitrogen and oxygen atoms in total. The number of aryl methyl sites for hydroxylation is 1. The molecule has 1 N–H and O–H groups in total. The third-order valence-electron chi connectivity index (χ3n) is 5.48. The van der Waals surface area contributed by atoms with E-state index in [2.05, 4.69) is 4.98 Å². The van der Waals surface area contributed by atoms with Crippen molar-refractivity contribution in [1.29, 1.82) is 0 Å². The van der Waals surface area contributed by atoms with Crippen molar-refractivity contribution in [3.05, 3.63) is 40.2 Å². The van der Waals surface area contributed by atoms with Crippen LogP contribution in [0.15, 0.2) is 30.3 Å². The van der Waals surface area contributed by atoms with E-state index in [1.54, 1.807) is 0 Å². The van der Waals surface area contributed by atoms with Gasteiger partial charge in [-0.2, -0.15) is 0 Å². The molecule has 2 fully saturated rings. The number of aromatic nitrogens is 1. The van der Waals surface area contributed by atoms with Gasteiger partial charge in [0.25, 0.3) is 5.91 Å². The molecule has 0 saturated carbocycles. The first-order valence-corrected chi connectivity index (χ1v) is 11.9. The van der Waals surface area contributed by atoms with Gasteiger partial charge in [-0.15, -0.1) is 11.3 Å². The lowest BCUT2D eigenvalue weighted by molar-refractivity contribution is -0.925. The van der Waals surface area contributed by atoms with E-state index in [4.69, 9.17) is 0 Å². The minimum atomic E-state index is -2.86. The first kappa shape index (κ1) is 18.6. The fourth-order valence-electron chi connectivity index (χ4n) is 4.03. The smallest absolute Gasteiger partial charge is 0.266 e. The number of nitrogens with one attached hydrogen (secondary N) is 1. The van der Waals surface area contributed by atoms with Crippen molar-refractivity contribution < 1.29 is 18.1 Å². The second kappa shape index (κ2) is 7.33. The third-order valence-corrected chi connectivity index (χ3v) is 8.20. The van der Waals surface area contributed by atoms with E-state index in [1.807, 2.05) is 42.2 Å². The summed E-state index contributed by atoms with van der Waals surface area (Å²) in [6.07, 6.45) is 0.748. The van der Waals surface area contributed by atoms with Crippen molar-refractivity contribution in [3.63, 3.8) is 0 Å². The molecule has 4 rings (SSSR count). The lowest BCUT2D eigenvalue weighted by atomic mass is 10.1. The minimum absolute atomic E-state index is 0.0394. The lowest BCUT2D eigenvalue weighted by Crippen LogP contribution is -3.18. The maximum Gasteiger partial charge on any atom is 0.266 e. The molecule has 0 aliphatic carbocycles. The van der Waals surface area contributed by atoms with Gasteiger partial charge in [-0.05, 0) is 6.92 Å². The lowest BCUT2D eigenvalue weighted by Gasteiger charge is -2.34. The largest absolute Gasteiger partial charge is 0.329 e. The van der Waals surface area contributed by atoms with Crippen LogP contribution in [-0.2, 0) is 9.84 Å². The second-order valence-electron chi connectivity index (χ2n) is 7.33. The number of hydrogen-bond acceptors (Lipinski definition) is 5. The van der Waals surface area contributed by atoms with E-state index in [0.29, 0.717) is 29.5 Å². The standard InChI is InChI=1S/C19H23N3O3S2/c1-14-20-17(15-5-3-2-4-6-15)18(26-14)19(23)22-10-8-21(9-11-22)16-7-12-27(24,25)13-16/h2-6,16H,7-13H2,1H3/p+1/t16-/m0/s1. The van der Waals surface area contributed by atoms with Crippen LogP contribution in [0.2, 0.25) is 0 Å². The molecule has 1 atom stereocenters. The molecule has 0 spiro atoms. The molecule has 8 heteroatoms. The Morgan fingerprint density at radius 3 is 2.56 bits per heavy atom. The molecular formula is C19H24N3O3S2+. The van der Waals surface area contributed by atoms with Crippen molar-refractivity contribution in [2.45, 2.75) is 19.4 Å². The Morgan fingerprint density at radius 2 is 1.93 bits per heavy atom. The number of carbonyl (C=O) groups is 1. The molecule has 1 aromatic carbocycles. The molecule has 2 aliphatic rings. The maximum absolute atomic E-state index is 13.1. The van der Waals surface area contributed by atoms with Gasteiger partial charge in [0.1, 0.15) is 16.7 Å². The van der Waals surface area contributed by atoms with Gasteiger partial charge in [0.2, 0.25) is 0 Å². The average Bonchev–Trinajstić information content (AvgIpc) is 3.24. The summed E-state index contributed by atoms with van der Waals surface area (Å²) in [6.45, 7) is 4.87. The van der Waals surface area contributed by atoms with Gasteiger partial charge in [-0.1, -0.05) is 30.3 Å². The van der Waals surface area contributed by atoms with Crippen LogP contribution in [0.5, 0.6) is 0 Å². The number of thiazole rings is 1. The van der Waals surface area contributed by atoms with Crippen LogP contribution in [0.25, 0.3) is 11.3 Å². The average molecular weight is 407 g/mol. The van der Waals surface area contributed by atoms with Crippen molar-refractivity contribution in [2.75, 3.05) is 37.7 Å². The molecule has 1 aromatic heterocycles. The fraction of sp³-hybridized carbons (Fsp3) is 0.474. The first-order valence-electron chi connectivity index (χ1n) is 9.30. The van der Waals surface area contributed by atoms with E-state index < -0.39 is 9.84 Å². The predicted octanol–water partition coefficient (Wildman–Crippen LogP) is 0.646. The van der Waals surface area contributed by atoms with Gasteiger partial charge in [-0.3, -0.25) is 4.79 Å². The van der Waals surface area contributed by atoms with E-state index >= 15 is 0 Å². The van der Waals surface area contributed by atoms with Crippen LogP contribution in [0.4, 0.5) is 0 Å². The topological polar surface area (TPSA) is 71.8 Å². The number of rotatable bonds is 3. The number of piperazine rings is 1. The molecule has 1 amide bonds. The maximum atomic E-state index is 13.1. The number of quaternary nitrogens is 1. The normalized spacial score (nSPS) is 22.9. The molecule has 0 bridgehead atoms. The minimum Gasteiger partial charge on any atom is -0.329 e. The molecule has 2 saturated heterocycles. The van der Waals surface area contributed by atoms with Crippen molar-refractivity contribution >= 4 is 27.1 Å². The summed E-state index contributed by atoms with van der Waals surface area (Å²) >= 11 is 1.45. The van der Waals surface area contributed by atoms with Crippen molar-refractivity contribution in [3.8, 4) is 11.3 Å². The highest BCUT2D eigenvalue weighted by molar-refractivity contribution is 7.91. The zero-order valence-corrected chi connectivity index (χ0v) is 17.0. The number of sulfone groups is 1. The Labute approximate surface area is 163 Å². The SMILES string of the molecule is Cc1nc(-c2ccccc2)c(C(=O)N2CC[NH+]([C@H]3CCS(=O)(=O)C3)CC2)s1. The van der Waals surface area contributed by atoms with Gasteiger partial charge < -0.3 is 9.80 Å². The number of carbonyl (C=O) groups excluding carboxylic acids is 1. The molecule has 2 aliphatic heterocycles.